The Balaban J connectivity index is 2.79. The molecule has 0 saturated carbocycles. The fraction of sp³-hybridized carbons (Fsp3) is 0.600. The zero-order chi connectivity index (χ0) is 13.9. The highest BCUT2D eigenvalue weighted by atomic mass is 19.1. The van der Waals surface area contributed by atoms with Crippen molar-refractivity contribution in [2.45, 2.75) is 46.3 Å². The molecule has 0 aliphatic carbocycles. The first-order valence-electron chi connectivity index (χ1n) is 6.42. The summed E-state index contributed by atoms with van der Waals surface area (Å²) in [6.45, 7) is 9.41. The summed E-state index contributed by atoms with van der Waals surface area (Å²) in [7, 11) is 2.07. The van der Waals surface area contributed by atoms with E-state index >= 15 is 0 Å². The highest BCUT2D eigenvalue weighted by Crippen LogP contribution is 2.26. The summed E-state index contributed by atoms with van der Waals surface area (Å²) in [6.07, 6.45) is 0. The molecule has 3 heteroatoms. The van der Waals surface area contributed by atoms with Gasteiger partial charge in [0.05, 0.1) is 0 Å². The summed E-state index contributed by atoms with van der Waals surface area (Å²) < 4.78 is 12.9. The zero-order valence-corrected chi connectivity index (χ0v) is 12.1. The number of rotatable bonds is 4. The molecule has 2 atom stereocenters. The van der Waals surface area contributed by atoms with E-state index in [-0.39, 0.29) is 23.3 Å². The van der Waals surface area contributed by atoms with Crippen molar-refractivity contribution in [1.82, 2.24) is 4.90 Å². The molecule has 0 spiro atoms. The van der Waals surface area contributed by atoms with Gasteiger partial charge in [-0.15, -0.1) is 0 Å². The maximum atomic E-state index is 12.9. The average Bonchev–Trinajstić information content (AvgIpc) is 2.18. The summed E-state index contributed by atoms with van der Waals surface area (Å²) in [4.78, 5) is 2.25. The van der Waals surface area contributed by atoms with E-state index in [1.165, 1.54) is 12.1 Å². The Bertz CT molecular complexity index is 365. The Morgan fingerprint density at radius 1 is 1.22 bits per heavy atom. The van der Waals surface area contributed by atoms with Crippen molar-refractivity contribution in [3.63, 3.8) is 0 Å². The fourth-order valence-corrected chi connectivity index (χ4v) is 2.83. The van der Waals surface area contributed by atoms with Crippen LogP contribution in [0.1, 0.15) is 33.3 Å². The highest BCUT2D eigenvalue weighted by molar-refractivity contribution is 5.16. The minimum atomic E-state index is -0.194. The van der Waals surface area contributed by atoms with E-state index in [1.807, 2.05) is 19.1 Å². The van der Waals surface area contributed by atoms with Crippen molar-refractivity contribution in [1.29, 1.82) is 0 Å². The molecule has 2 nitrogen and oxygen atoms in total. The van der Waals surface area contributed by atoms with Gasteiger partial charge < -0.3 is 5.73 Å². The largest absolute Gasteiger partial charge is 0.327 e. The summed E-state index contributed by atoms with van der Waals surface area (Å²) in [6, 6.07) is 7.03. The third-order valence-electron chi connectivity index (χ3n) is 3.21. The Morgan fingerprint density at radius 2 is 1.72 bits per heavy atom. The van der Waals surface area contributed by atoms with E-state index in [0.717, 1.165) is 12.1 Å². The van der Waals surface area contributed by atoms with Crippen LogP contribution in [-0.4, -0.2) is 24.0 Å². The average molecular weight is 252 g/mol. The number of likely N-dealkylation sites (N-methyl/N-ethyl adjacent to an activating group) is 1. The molecule has 2 unspecified atom stereocenters. The van der Waals surface area contributed by atoms with Crippen molar-refractivity contribution in [2.75, 3.05) is 7.05 Å². The normalized spacial score (nSPS) is 15.8. The van der Waals surface area contributed by atoms with Crippen LogP contribution in [-0.2, 0) is 6.54 Å². The molecule has 0 aromatic heterocycles. The molecule has 0 aliphatic rings. The van der Waals surface area contributed by atoms with Gasteiger partial charge in [-0.05, 0) is 37.1 Å². The molecule has 2 N–H and O–H groups in total. The minimum Gasteiger partial charge on any atom is -0.327 e. The molecular weight excluding hydrogens is 227 g/mol. The van der Waals surface area contributed by atoms with Crippen LogP contribution >= 0.6 is 0 Å². The molecule has 0 fully saturated rings. The zero-order valence-electron chi connectivity index (χ0n) is 12.1. The van der Waals surface area contributed by atoms with Gasteiger partial charge in [-0.3, -0.25) is 4.90 Å². The molecule has 1 aromatic rings. The molecule has 0 heterocycles. The number of hydrogen-bond donors (Lipinski definition) is 1. The van der Waals surface area contributed by atoms with E-state index in [9.17, 15) is 4.39 Å². The summed E-state index contributed by atoms with van der Waals surface area (Å²) >= 11 is 0. The van der Waals surface area contributed by atoms with Gasteiger partial charge in [0, 0.05) is 18.6 Å². The van der Waals surface area contributed by atoms with Crippen LogP contribution in [0.25, 0.3) is 0 Å². The second-order valence-corrected chi connectivity index (χ2v) is 6.21. The van der Waals surface area contributed by atoms with Crippen LogP contribution in [0.15, 0.2) is 24.3 Å². The van der Waals surface area contributed by atoms with Crippen molar-refractivity contribution in [3.05, 3.63) is 35.6 Å². The first-order chi connectivity index (χ1) is 8.21. The smallest absolute Gasteiger partial charge is 0.123 e. The predicted octanol–water partition coefficient (Wildman–Crippen LogP) is 3.02. The molecule has 102 valence electrons. The van der Waals surface area contributed by atoms with Gasteiger partial charge in [-0.2, -0.15) is 0 Å². The predicted molar refractivity (Wildman–Crippen MR) is 74.8 cm³/mol. The number of benzene rings is 1. The van der Waals surface area contributed by atoms with Gasteiger partial charge in [-0.25, -0.2) is 4.39 Å². The fourth-order valence-electron chi connectivity index (χ4n) is 2.83. The summed E-state index contributed by atoms with van der Waals surface area (Å²) in [5.74, 6) is -0.194. The standard InChI is InChI=1S/C15H25FN2/c1-11(17)14(15(2,3)4)18(5)10-12-6-8-13(16)9-7-12/h6-9,11,14H,10,17H2,1-5H3. The molecule has 1 rings (SSSR count). The second kappa shape index (κ2) is 5.81. The lowest BCUT2D eigenvalue weighted by atomic mass is 9.82. The third-order valence-corrected chi connectivity index (χ3v) is 3.21. The van der Waals surface area contributed by atoms with E-state index in [2.05, 4.69) is 32.7 Å². The molecule has 1 aromatic carbocycles. The lowest BCUT2D eigenvalue weighted by Crippen LogP contribution is -2.51. The number of hydrogen-bond acceptors (Lipinski definition) is 2. The minimum absolute atomic E-state index is 0.0930. The topological polar surface area (TPSA) is 29.3 Å². The van der Waals surface area contributed by atoms with Crippen LogP contribution < -0.4 is 5.73 Å². The maximum Gasteiger partial charge on any atom is 0.123 e. The van der Waals surface area contributed by atoms with E-state index in [4.69, 9.17) is 5.73 Å². The van der Waals surface area contributed by atoms with E-state index < -0.39 is 0 Å². The molecule has 0 amide bonds. The van der Waals surface area contributed by atoms with Crippen LogP contribution in [0, 0.1) is 11.2 Å². The molecule has 18 heavy (non-hydrogen) atoms. The quantitative estimate of drug-likeness (QED) is 0.892. The van der Waals surface area contributed by atoms with Gasteiger partial charge in [-0.1, -0.05) is 32.9 Å². The number of nitrogens with two attached hydrogens (primary N) is 1. The molecule has 0 aliphatic heterocycles. The monoisotopic (exact) mass is 252 g/mol. The lowest BCUT2D eigenvalue weighted by Gasteiger charge is -2.40. The van der Waals surface area contributed by atoms with E-state index in [0.29, 0.717) is 0 Å². The van der Waals surface area contributed by atoms with Crippen LogP contribution in [0.2, 0.25) is 0 Å². The Hall–Kier alpha value is -0.930. The molecule has 0 radical (unpaired) electrons. The number of halogens is 1. The Labute approximate surface area is 110 Å². The summed E-state index contributed by atoms with van der Waals surface area (Å²) in [5.41, 5.74) is 7.32. The number of nitrogens with zero attached hydrogens (tertiary/aromatic N) is 1. The third kappa shape index (κ3) is 4.07. The lowest BCUT2D eigenvalue weighted by molar-refractivity contribution is 0.100. The van der Waals surface area contributed by atoms with Crippen LogP contribution in [0.3, 0.4) is 0 Å². The first kappa shape index (κ1) is 15.1. The van der Waals surface area contributed by atoms with Gasteiger partial charge in [0.15, 0.2) is 0 Å². The van der Waals surface area contributed by atoms with Gasteiger partial charge in [0.2, 0.25) is 0 Å². The van der Waals surface area contributed by atoms with Crippen molar-refractivity contribution in [3.8, 4) is 0 Å². The van der Waals surface area contributed by atoms with Crippen LogP contribution in [0.5, 0.6) is 0 Å². The van der Waals surface area contributed by atoms with Crippen molar-refractivity contribution in [2.24, 2.45) is 11.1 Å². The van der Waals surface area contributed by atoms with Gasteiger partial charge in [0.1, 0.15) is 5.82 Å². The van der Waals surface area contributed by atoms with Crippen LogP contribution in [0.4, 0.5) is 4.39 Å². The second-order valence-electron chi connectivity index (χ2n) is 6.21. The molecule has 0 saturated heterocycles. The van der Waals surface area contributed by atoms with Gasteiger partial charge >= 0.3 is 0 Å². The van der Waals surface area contributed by atoms with Gasteiger partial charge in [0.25, 0.3) is 0 Å². The highest BCUT2D eigenvalue weighted by Gasteiger charge is 2.31. The Morgan fingerprint density at radius 3 is 2.11 bits per heavy atom. The van der Waals surface area contributed by atoms with Crippen molar-refractivity contribution < 1.29 is 4.39 Å². The Kier molecular flexibility index (Phi) is 4.88. The first-order valence-corrected chi connectivity index (χ1v) is 6.42. The maximum absolute atomic E-state index is 12.9. The molecular formula is C15H25FN2. The van der Waals surface area contributed by atoms with E-state index in [1.54, 1.807) is 0 Å². The summed E-state index contributed by atoms with van der Waals surface area (Å²) in [5, 5.41) is 0. The molecule has 0 bridgehead atoms. The van der Waals surface area contributed by atoms with Crippen molar-refractivity contribution >= 4 is 0 Å². The SMILES string of the molecule is CC(N)C(N(C)Cc1ccc(F)cc1)C(C)(C)C.